The summed E-state index contributed by atoms with van der Waals surface area (Å²) in [7, 11) is 0. The highest BCUT2D eigenvalue weighted by atomic mass is 16.5. The van der Waals surface area contributed by atoms with E-state index in [1.54, 1.807) is 12.3 Å². The fourth-order valence-corrected chi connectivity index (χ4v) is 1.84. The Kier molecular flexibility index (Phi) is 4.06. The third kappa shape index (κ3) is 3.01. The number of aromatic nitrogens is 1. The monoisotopic (exact) mass is 235 g/mol. The van der Waals surface area contributed by atoms with E-state index >= 15 is 0 Å². The lowest BCUT2D eigenvalue weighted by Crippen LogP contribution is -2.40. The van der Waals surface area contributed by atoms with E-state index in [2.05, 4.69) is 4.98 Å². The van der Waals surface area contributed by atoms with Gasteiger partial charge in [0.25, 0.3) is 5.91 Å². The molecule has 1 aromatic heterocycles. The standard InChI is InChI=1S/C12H17N3O2/c13-3-1-11-9-10(2-4-14-11)12(16)15-5-7-17-8-6-15/h2,4,9H,1,3,5-8,13H2. The summed E-state index contributed by atoms with van der Waals surface area (Å²) in [5.41, 5.74) is 7.03. The molecule has 5 heteroatoms. The molecule has 0 bridgehead atoms. The summed E-state index contributed by atoms with van der Waals surface area (Å²) in [6.45, 7) is 3.10. The quantitative estimate of drug-likeness (QED) is 0.804. The zero-order valence-electron chi connectivity index (χ0n) is 9.76. The lowest BCUT2D eigenvalue weighted by atomic mass is 10.1. The van der Waals surface area contributed by atoms with Crippen molar-refractivity contribution in [3.05, 3.63) is 29.6 Å². The van der Waals surface area contributed by atoms with E-state index < -0.39 is 0 Å². The SMILES string of the molecule is NCCc1cc(C(=O)N2CCOCC2)ccn1. The molecular weight excluding hydrogens is 218 g/mol. The third-order valence-corrected chi connectivity index (χ3v) is 2.76. The van der Waals surface area contributed by atoms with Gasteiger partial charge in [-0.25, -0.2) is 0 Å². The van der Waals surface area contributed by atoms with Gasteiger partial charge in [0.15, 0.2) is 0 Å². The van der Waals surface area contributed by atoms with Crippen molar-refractivity contribution >= 4 is 5.91 Å². The highest BCUT2D eigenvalue weighted by Gasteiger charge is 2.18. The first-order chi connectivity index (χ1) is 8.31. The number of hydrogen-bond acceptors (Lipinski definition) is 4. The number of morpholine rings is 1. The van der Waals surface area contributed by atoms with Gasteiger partial charge in [0.2, 0.25) is 0 Å². The van der Waals surface area contributed by atoms with E-state index in [4.69, 9.17) is 10.5 Å². The first-order valence-electron chi connectivity index (χ1n) is 5.83. The van der Waals surface area contributed by atoms with Crippen molar-refractivity contribution in [3.63, 3.8) is 0 Å². The number of hydrogen-bond donors (Lipinski definition) is 1. The van der Waals surface area contributed by atoms with Crippen molar-refractivity contribution < 1.29 is 9.53 Å². The van der Waals surface area contributed by atoms with Crippen molar-refractivity contribution in [2.45, 2.75) is 6.42 Å². The smallest absolute Gasteiger partial charge is 0.254 e. The molecule has 92 valence electrons. The summed E-state index contributed by atoms with van der Waals surface area (Å²) < 4.78 is 5.23. The maximum absolute atomic E-state index is 12.2. The highest BCUT2D eigenvalue weighted by molar-refractivity contribution is 5.94. The molecule has 1 amide bonds. The Morgan fingerprint density at radius 1 is 1.47 bits per heavy atom. The van der Waals surface area contributed by atoms with Crippen LogP contribution >= 0.6 is 0 Å². The molecule has 2 rings (SSSR count). The number of pyridine rings is 1. The minimum atomic E-state index is 0.0500. The topological polar surface area (TPSA) is 68.5 Å². The minimum absolute atomic E-state index is 0.0500. The molecule has 17 heavy (non-hydrogen) atoms. The van der Waals surface area contributed by atoms with Crippen LogP contribution in [0.5, 0.6) is 0 Å². The van der Waals surface area contributed by atoms with Crippen molar-refractivity contribution in [1.29, 1.82) is 0 Å². The van der Waals surface area contributed by atoms with Crippen LogP contribution in [-0.4, -0.2) is 48.6 Å². The molecule has 1 saturated heterocycles. The molecule has 1 aromatic rings. The zero-order valence-corrected chi connectivity index (χ0v) is 9.76. The van der Waals surface area contributed by atoms with Gasteiger partial charge in [0, 0.05) is 37.0 Å². The van der Waals surface area contributed by atoms with E-state index in [1.807, 2.05) is 11.0 Å². The van der Waals surface area contributed by atoms with Gasteiger partial charge >= 0.3 is 0 Å². The summed E-state index contributed by atoms with van der Waals surface area (Å²) >= 11 is 0. The molecule has 2 N–H and O–H groups in total. The summed E-state index contributed by atoms with van der Waals surface area (Å²) in [5.74, 6) is 0.0500. The molecule has 0 radical (unpaired) electrons. The molecule has 2 heterocycles. The first kappa shape index (κ1) is 12.0. The Morgan fingerprint density at radius 2 is 2.24 bits per heavy atom. The maximum atomic E-state index is 12.2. The molecule has 0 aromatic carbocycles. The summed E-state index contributed by atoms with van der Waals surface area (Å²) in [5, 5.41) is 0. The predicted octanol–water partition coefficient (Wildman–Crippen LogP) is 0.0552. The van der Waals surface area contributed by atoms with Crippen molar-refractivity contribution in [2.24, 2.45) is 5.73 Å². The second-order valence-corrected chi connectivity index (χ2v) is 3.98. The normalized spacial score (nSPS) is 15.9. The number of carbonyl (C=O) groups excluding carboxylic acids is 1. The molecule has 5 nitrogen and oxygen atoms in total. The average molecular weight is 235 g/mol. The molecule has 1 aliphatic heterocycles. The van der Waals surface area contributed by atoms with Crippen LogP contribution in [0.3, 0.4) is 0 Å². The largest absolute Gasteiger partial charge is 0.378 e. The first-order valence-corrected chi connectivity index (χ1v) is 5.83. The minimum Gasteiger partial charge on any atom is -0.378 e. The fourth-order valence-electron chi connectivity index (χ4n) is 1.84. The van der Waals surface area contributed by atoms with E-state index in [-0.39, 0.29) is 5.91 Å². The molecular formula is C12H17N3O2. The van der Waals surface area contributed by atoms with Gasteiger partial charge in [0.05, 0.1) is 13.2 Å². The van der Waals surface area contributed by atoms with Gasteiger partial charge in [-0.2, -0.15) is 0 Å². The molecule has 0 aliphatic carbocycles. The third-order valence-electron chi connectivity index (χ3n) is 2.76. The average Bonchev–Trinajstić information content (AvgIpc) is 2.40. The predicted molar refractivity (Wildman–Crippen MR) is 63.7 cm³/mol. The number of amides is 1. The Morgan fingerprint density at radius 3 is 2.94 bits per heavy atom. The van der Waals surface area contributed by atoms with Crippen LogP contribution in [0.1, 0.15) is 16.1 Å². The van der Waals surface area contributed by atoms with Crippen molar-refractivity contribution in [2.75, 3.05) is 32.8 Å². The number of rotatable bonds is 3. The van der Waals surface area contributed by atoms with Crippen LogP contribution in [0.15, 0.2) is 18.3 Å². The van der Waals surface area contributed by atoms with Crippen molar-refractivity contribution in [1.82, 2.24) is 9.88 Å². The lowest BCUT2D eigenvalue weighted by molar-refractivity contribution is 0.0302. The van der Waals surface area contributed by atoms with Crippen LogP contribution in [-0.2, 0) is 11.2 Å². The van der Waals surface area contributed by atoms with E-state index in [1.165, 1.54) is 0 Å². The molecule has 0 atom stereocenters. The molecule has 0 spiro atoms. The second kappa shape index (κ2) is 5.75. The summed E-state index contributed by atoms with van der Waals surface area (Å²) in [6.07, 6.45) is 2.36. The van der Waals surface area contributed by atoms with E-state index in [0.717, 1.165) is 5.69 Å². The fraction of sp³-hybridized carbons (Fsp3) is 0.500. The summed E-state index contributed by atoms with van der Waals surface area (Å²) in [6, 6.07) is 3.57. The number of nitrogens with two attached hydrogens (primary N) is 1. The van der Waals surface area contributed by atoms with Crippen LogP contribution < -0.4 is 5.73 Å². The van der Waals surface area contributed by atoms with Crippen LogP contribution in [0, 0.1) is 0 Å². The lowest BCUT2D eigenvalue weighted by Gasteiger charge is -2.26. The highest BCUT2D eigenvalue weighted by Crippen LogP contribution is 2.08. The van der Waals surface area contributed by atoms with Crippen LogP contribution in [0.25, 0.3) is 0 Å². The second-order valence-electron chi connectivity index (χ2n) is 3.98. The van der Waals surface area contributed by atoms with E-state index in [0.29, 0.717) is 44.8 Å². The summed E-state index contributed by atoms with van der Waals surface area (Å²) in [4.78, 5) is 18.2. The number of carbonyl (C=O) groups is 1. The Bertz CT molecular complexity index is 389. The van der Waals surface area contributed by atoms with Gasteiger partial charge in [-0.3, -0.25) is 9.78 Å². The Labute approximate surface area is 101 Å². The van der Waals surface area contributed by atoms with Gasteiger partial charge in [-0.15, -0.1) is 0 Å². The zero-order chi connectivity index (χ0) is 12.1. The molecule has 1 aliphatic rings. The van der Waals surface area contributed by atoms with Crippen LogP contribution in [0.2, 0.25) is 0 Å². The maximum Gasteiger partial charge on any atom is 0.254 e. The van der Waals surface area contributed by atoms with Gasteiger partial charge in [-0.1, -0.05) is 0 Å². The van der Waals surface area contributed by atoms with Gasteiger partial charge in [0.1, 0.15) is 0 Å². The Hall–Kier alpha value is -1.46. The van der Waals surface area contributed by atoms with Crippen molar-refractivity contribution in [3.8, 4) is 0 Å². The van der Waals surface area contributed by atoms with Gasteiger partial charge < -0.3 is 15.4 Å². The molecule has 0 saturated carbocycles. The van der Waals surface area contributed by atoms with Crippen LogP contribution in [0.4, 0.5) is 0 Å². The Balaban J connectivity index is 2.09. The van der Waals surface area contributed by atoms with Gasteiger partial charge in [-0.05, 0) is 18.7 Å². The molecule has 0 unspecified atom stereocenters. The number of nitrogens with zero attached hydrogens (tertiary/aromatic N) is 2. The number of ether oxygens (including phenoxy) is 1. The van der Waals surface area contributed by atoms with E-state index in [9.17, 15) is 4.79 Å². The molecule has 1 fully saturated rings.